The second-order valence-corrected chi connectivity index (χ2v) is 19.6. The van der Waals surface area contributed by atoms with E-state index in [1.165, 1.54) is 17.7 Å². The lowest BCUT2D eigenvalue weighted by Gasteiger charge is -2.62. The van der Waals surface area contributed by atoms with Crippen molar-refractivity contribution >= 4 is 34.5 Å². The van der Waals surface area contributed by atoms with E-state index in [1.807, 2.05) is 0 Å². The SMILES string of the molecule is CC[C@@]1(O)C(=O)OCc2c1cc1n(c2=O)Cc2cc3c([N+](=O)[O-])c(OCC(=O)O[C@H]4CC[C@]5(C)C(CCC6C5C[C@@H](O)[C@]5(C)C6CCC5[C@@H](C)CCC(=O)OC)C4)ccc3nc2-1. The third-order valence-electron chi connectivity index (χ3n) is 17.0. The van der Waals surface area contributed by atoms with E-state index in [-0.39, 0.29) is 75.9 Å². The van der Waals surface area contributed by atoms with E-state index < -0.39 is 40.7 Å². The fourth-order valence-corrected chi connectivity index (χ4v) is 13.6. The van der Waals surface area contributed by atoms with Crippen LogP contribution >= 0.6 is 0 Å². The molecule has 2 N–H and O–H groups in total. The Kier molecular flexibility index (Phi) is 10.6. The van der Waals surface area contributed by atoms with Gasteiger partial charge in [-0.2, -0.15) is 0 Å². The Morgan fingerprint density at radius 3 is 2.61 bits per heavy atom. The van der Waals surface area contributed by atoms with Crippen LogP contribution in [0.4, 0.5) is 5.69 Å². The number of ether oxygens (including phenoxy) is 4. The predicted molar refractivity (Wildman–Crippen MR) is 224 cm³/mol. The molecule has 332 valence electrons. The number of esters is 3. The molecule has 4 saturated carbocycles. The van der Waals surface area contributed by atoms with Crippen molar-refractivity contribution in [3.63, 3.8) is 0 Å². The number of nitro groups is 1. The summed E-state index contributed by atoms with van der Waals surface area (Å²) in [5.74, 6) is 0.610. The third kappa shape index (κ3) is 6.45. The number of fused-ring (bicyclic) bond motifs is 10. The molecular formula is C47H57N3O12. The normalized spacial score (nSPS) is 33.5. The minimum Gasteiger partial charge on any atom is -0.475 e. The summed E-state index contributed by atoms with van der Waals surface area (Å²) in [6.07, 6.45) is 7.77. The molecule has 0 amide bonds. The van der Waals surface area contributed by atoms with Gasteiger partial charge >= 0.3 is 23.6 Å². The van der Waals surface area contributed by atoms with Crippen molar-refractivity contribution in [3.05, 3.63) is 61.4 Å². The number of carbonyl (C=O) groups excluding carboxylic acids is 3. The molecule has 0 spiro atoms. The largest absolute Gasteiger partial charge is 0.475 e. The Hall–Kier alpha value is -4.89. The van der Waals surface area contributed by atoms with E-state index in [0.29, 0.717) is 65.3 Å². The summed E-state index contributed by atoms with van der Waals surface area (Å²) in [7, 11) is 1.43. The van der Waals surface area contributed by atoms with Gasteiger partial charge in [-0.05, 0) is 135 Å². The Bertz CT molecular complexity index is 2430. The smallest absolute Gasteiger partial charge is 0.344 e. The number of benzene rings is 1. The standard InChI is InChI=1S/C47H57N3O12/c1-6-47(56)34-19-36-41-25(21-49(36)43(54)30(34)22-61-44(47)55)17-29-35(48-41)12-13-37(42(29)50(57)58)60-23-40(53)62-27-15-16-45(3)26(18-27)8-9-28-32-11-10-31(24(2)7-14-39(52)59-5)46(32,4)38(51)20-33(28)45/h12-13,17,19,24,26-28,31-33,38,51,56H,6-11,14-16,18,20-23H2,1-5H3/t24-,26?,27-,28?,31?,32?,33?,38+,45+,46-,47-/m0/s1. The highest BCUT2D eigenvalue weighted by Gasteiger charge is 2.64. The minimum atomic E-state index is -1.98. The number of hydrogen-bond acceptors (Lipinski definition) is 13. The molecule has 3 aromatic rings. The quantitative estimate of drug-likeness (QED) is 0.0758. The van der Waals surface area contributed by atoms with Crippen LogP contribution in [0, 0.1) is 56.5 Å². The number of aliphatic hydroxyl groups is 2. The fourth-order valence-electron chi connectivity index (χ4n) is 13.6. The number of hydrogen-bond donors (Lipinski definition) is 2. The van der Waals surface area contributed by atoms with Crippen LogP contribution in [0.2, 0.25) is 0 Å². The summed E-state index contributed by atoms with van der Waals surface area (Å²) in [6, 6.07) is 6.14. The molecule has 1 aromatic carbocycles. The number of nitrogens with zero attached hydrogens (tertiary/aromatic N) is 3. The third-order valence-corrected chi connectivity index (χ3v) is 17.0. The number of carbonyl (C=O) groups is 3. The zero-order valence-corrected chi connectivity index (χ0v) is 36.1. The van der Waals surface area contributed by atoms with E-state index in [1.54, 1.807) is 25.1 Å². The zero-order chi connectivity index (χ0) is 44.0. The van der Waals surface area contributed by atoms with Crippen LogP contribution in [0.25, 0.3) is 22.3 Å². The van der Waals surface area contributed by atoms with Crippen LogP contribution in [0.3, 0.4) is 0 Å². The van der Waals surface area contributed by atoms with Gasteiger partial charge in [-0.3, -0.25) is 19.7 Å². The number of pyridine rings is 2. The lowest BCUT2D eigenvalue weighted by atomic mass is 9.43. The van der Waals surface area contributed by atoms with Gasteiger partial charge in [0.2, 0.25) is 0 Å². The average molecular weight is 856 g/mol. The molecule has 0 saturated heterocycles. The molecule has 4 aliphatic carbocycles. The first-order chi connectivity index (χ1) is 29.5. The van der Waals surface area contributed by atoms with Gasteiger partial charge in [-0.15, -0.1) is 0 Å². The van der Waals surface area contributed by atoms with Gasteiger partial charge < -0.3 is 33.7 Å². The molecule has 5 unspecified atom stereocenters. The monoisotopic (exact) mass is 855 g/mol. The number of methoxy groups -OCH3 is 1. The predicted octanol–water partition coefficient (Wildman–Crippen LogP) is 6.50. The first-order valence-corrected chi connectivity index (χ1v) is 22.4. The average Bonchev–Trinajstić information content (AvgIpc) is 3.81. The summed E-state index contributed by atoms with van der Waals surface area (Å²) in [4.78, 5) is 68.1. The molecule has 15 heteroatoms. The number of rotatable bonds is 10. The van der Waals surface area contributed by atoms with E-state index in [9.17, 15) is 39.5 Å². The maximum atomic E-state index is 13.6. The van der Waals surface area contributed by atoms with Gasteiger partial charge in [0.25, 0.3) is 5.56 Å². The molecule has 0 bridgehead atoms. The zero-order valence-electron chi connectivity index (χ0n) is 36.1. The minimum absolute atomic E-state index is 0.000562. The van der Waals surface area contributed by atoms with Crippen LogP contribution in [-0.2, 0) is 47.3 Å². The Morgan fingerprint density at radius 1 is 1.08 bits per heavy atom. The summed E-state index contributed by atoms with van der Waals surface area (Å²) in [5, 5.41) is 35.9. The lowest BCUT2D eigenvalue weighted by molar-refractivity contribution is -0.384. The second-order valence-electron chi connectivity index (χ2n) is 19.6. The molecule has 11 atom stereocenters. The van der Waals surface area contributed by atoms with Gasteiger partial charge in [-0.1, -0.05) is 27.7 Å². The van der Waals surface area contributed by atoms with Crippen molar-refractivity contribution in [2.75, 3.05) is 13.7 Å². The molecular weight excluding hydrogens is 799 g/mol. The van der Waals surface area contributed by atoms with Gasteiger partial charge in [0.05, 0.1) is 52.5 Å². The van der Waals surface area contributed by atoms with Crippen molar-refractivity contribution in [1.82, 2.24) is 9.55 Å². The van der Waals surface area contributed by atoms with Crippen molar-refractivity contribution in [2.24, 2.45) is 46.3 Å². The number of aliphatic hydroxyl groups excluding tert-OH is 1. The number of nitro benzene ring substituents is 1. The summed E-state index contributed by atoms with van der Waals surface area (Å²) in [5.41, 5.74) is -1.02. The van der Waals surface area contributed by atoms with Crippen LogP contribution in [0.5, 0.6) is 5.75 Å². The second kappa shape index (κ2) is 15.4. The summed E-state index contributed by atoms with van der Waals surface area (Å²) in [6.45, 7) is 7.81. The number of aromatic nitrogens is 2. The van der Waals surface area contributed by atoms with Gasteiger partial charge in [-0.25, -0.2) is 14.6 Å². The Labute approximate surface area is 359 Å². The highest BCUT2D eigenvalue weighted by Crippen LogP contribution is 2.68. The lowest BCUT2D eigenvalue weighted by Crippen LogP contribution is -2.59. The highest BCUT2D eigenvalue weighted by atomic mass is 16.6. The Balaban J connectivity index is 0.862. The van der Waals surface area contributed by atoms with Crippen molar-refractivity contribution in [3.8, 4) is 17.1 Å². The highest BCUT2D eigenvalue weighted by molar-refractivity contribution is 5.94. The Morgan fingerprint density at radius 2 is 1.87 bits per heavy atom. The molecule has 9 rings (SSSR count). The topological polar surface area (TPSA) is 207 Å². The van der Waals surface area contributed by atoms with E-state index in [4.69, 9.17) is 23.9 Å². The van der Waals surface area contributed by atoms with Gasteiger partial charge in [0.15, 0.2) is 18.0 Å². The molecule has 4 heterocycles. The fraction of sp³-hybridized carbons (Fsp3) is 0.638. The first kappa shape index (κ1) is 42.4. The maximum Gasteiger partial charge on any atom is 0.344 e. The van der Waals surface area contributed by atoms with Gasteiger partial charge in [0, 0.05) is 17.5 Å². The van der Waals surface area contributed by atoms with E-state index in [0.717, 1.165) is 51.4 Å². The summed E-state index contributed by atoms with van der Waals surface area (Å²) < 4.78 is 23.3. The van der Waals surface area contributed by atoms with Crippen molar-refractivity contribution in [1.29, 1.82) is 0 Å². The van der Waals surface area contributed by atoms with E-state index >= 15 is 0 Å². The summed E-state index contributed by atoms with van der Waals surface area (Å²) >= 11 is 0. The molecule has 62 heavy (non-hydrogen) atoms. The van der Waals surface area contributed by atoms with Crippen LogP contribution in [-0.4, -0.2) is 68.5 Å². The van der Waals surface area contributed by atoms with E-state index in [2.05, 4.69) is 20.8 Å². The van der Waals surface area contributed by atoms with Crippen molar-refractivity contribution in [2.45, 2.75) is 129 Å². The first-order valence-electron chi connectivity index (χ1n) is 22.4. The van der Waals surface area contributed by atoms with Crippen LogP contribution < -0.4 is 10.3 Å². The molecule has 2 aliphatic heterocycles. The number of cyclic esters (lactones) is 1. The molecule has 6 aliphatic rings. The van der Waals surface area contributed by atoms with Gasteiger partial charge in [0.1, 0.15) is 12.7 Å². The molecule has 0 radical (unpaired) electrons. The molecule has 2 aromatic heterocycles. The van der Waals surface area contributed by atoms with Crippen LogP contribution in [0.1, 0.15) is 115 Å². The molecule has 4 fully saturated rings. The van der Waals surface area contributed by atoms with Crippen molar-refractivity contribution < 1.29 is 48.5 Å². The van der Waals surface area contributed by atoms with Crippen LogP contribution in [0.15, 0.2) is 29.1 Å². The maximum absolute atomic E-state index is 13.6. The molecule has 15 nitrogen and oxygen atoms in total.